The Labute approximate surface area is 104 Å². The van der Waals surface area contributed by atoms with E-state index in [1.54, 1.807) is 12.1 Å². The number of nitrogens with zero attached hydrogens (tertiary/aromatic N) is 1. The smallest absolute Gasteiger partial charge is 0.258 e. The van der Waals surface area contributed by atoms with E-state index in [9.17, 15) is 10.1 Å². The fourth-order valence-electron chi connectivity index (χ4n) is 1.66. The predicted octanol–water partition coefficient (Wildman–Crippen LogP) is 3.74. The van der Waals surface area contributed by atoms with Gasteiger partial charge in [-0.15, -0.1) is 0 Å². The number of halogens is 2. The first-order valence-corrected chi connectivity index (χ1v) is 6.08. The Hall–Kier alpha value is -0.420. The van der Waals surface area contributed by atoms with Gasteiger partial charge in [0.05, 0.1) is 8.16 Å². The van der Waals surface area contributed by atoms with Gasteiger partial charge in [0.25, 0.3) is 5.69 Å². The van der Waals surface area contributed by atoms with Crippen molar-refractivity contribution in [3.05, 3.63) is 39.9 Å². The third-order valence-electron chi connectivity index (χ3n) is 2.97. The number of alkyl halides is 2. The number of rotatable bonds is 2. The molecule has 0 radical (unpaired) electrons. The molecule has 3 nitrogen and oxygen atoms in total. The van der Waals surface area contributed by atoms with Gasteiger partial charge < -0.3 is 0 Å². The van der Waals surface area contributed by atoms with Crippen molar-refractivity contribution in [2.45, 2.75) is 22.0 Å². The molecule has 1 aromatic carbocycles. The van der Waals surface area contributed by atoms with Crippen LogP contribution in [-0.2, 0) is 5.41 Å². The van der Waals surface area contributed by atoms with Gasteiger partial charge in [-0.1, -0.05) is 50.9 Å². The van der Waals surface area contributed by atoms with Gasteiger partial charge in [0.15, 0.2) is 0 Å². The second-order valence-corrected chi connectivity index (χ2v) is 7.79. The van der Waals surface area contributed by atoms with E-state index in [1.807, 2.05) is 12.1 Å². The highest BCUT2D eigenvalue weighted by Gasteiger charge is 2.62. The minimum atomic E-state index is -0.380. The number of hydrogen-bond donors (Lipinski definition) is 0. The summed E-state index contributed by atoms with van der Waals surface area (Å²) in [6, 6.07) is 6.74. The second-order valence-electron chi connectivity index (χ2n) is 4.02. The van der Waals surface area contributed by atoms with Crippen molar-refractivity contribution in [2.75, 3.05) is 0 Å². The lowest BCUT2D eigenvalue weighted by Gasteiger charge is -2.12. The molecule has 0 amide bonds. The third-order valence-corrected chi connectivity index (χ3v) is 5.28. The van der Waals surface area contributed by atoms with Crippen LogP contribution in [0.3, 0.4) is 0 Å². The number of non-ortho nitro benzene ring substituents is 1. The van der Waals surface area contributed by atoms with Gasteiger partial charge in [0.2, 0.25) is 0 Å². The van der Waals surface area contributed by atoms with Gasteiger partial charge in [0.1, 0.15) is 0 Å². The van der Waals surface area contributed by atoms with Gasteiger partial charge in [-0.05, 0) is 12.0 Å². The summed E-state index contributed by atoms with van der Waals surface area (Å²) in [5.41, 5.74) is 1.28. The molecule has 0 spiro atoms. The molecule has 1 aliphatic rings. The number of benzene rings is 1. The molecule has 5 heteroatoms. The normalized spacial score (nSPS) is 27.4. The molecular formula is C10H9Br2NO2. The average Bonchev–Trinajstić information content (AvgIpc) is 2.67. The Morgan fingerprint density at radius 2 is 1.80 bits per heavy atom. The SMILES string of the molecule is C[C@@]1(c2ccc([N+](=O)[O-])cc2)CC1(Br)Br. The first-order chi connectivity index (χ1) is 6.87. The molecule has 0 saturated heterocycles. The first kappa shape index (κ1) is 11.1. The summed E-state index contributed by atoms with van der Waals surface area (Å²) < 4.78 is -0.0524. The van der Waals surface area contributed by atoms with Crippen LogP contribution in [0.25, 0.3) is 0 Å². The molecule has 80 valence electrons. The summed E-state index contributed by atoms with van der Waals surface area (Å²) >= 11 is 7.15. The lowest BCUT2D eigenvalue weighted by atomic mass is 9.98. The summed E-state index contributed by atoms with van der Waals surface area (Å²) in [7, 11) is 0. The summed E-state index contributed by atoms with van der Waals surface area (Å²) in [6.45, 7) is 2.12. The van der Waals surface area contributed by atoms with Crippen LogP contribution in [0.2, 0.25) is 0 Å². The number of nitro benzene ring substituents is 1. The maximum atomic E-state index is 10.5. The van der Waals surface area contributed by atoms with Gasteiger partial charge >= 0.3 is 0 Å². The van der Waals surface area contributed by atoms with Gasteiger partial charge in [-0.3, -0.25) is 10.1 Å². The minimum Gasteiger partial charge on any atom is -0.258 e. The first-order valence-electron chi connectivity index (χ1n) is 4.50. The molecule has 0 unspecified atom stereocenters. The molecule has 1 fully saturated rings. The van der Waals surface area contributed by atoms with E-state index in [1.165, 1.54) is 0 Å². The zero-order valence-electron chi connectivity index (χ0n) is 8.04. The van der Waals surface area contributed by atoms with Crippen molar-refractivity contribution in [2.24, 2.45) is 0 Å². The van der Waals surface area contributed by atoms with E-state index in [2.05, 4.69) is 38.8 Å². The molecule has 15 heavy (non-hydrogen) atoms. The van der Waals surface area contributed by atoms with Crippen molar-refractivity contribution in [3.8, 4) is 0 Å². The van der Waals surface area contributed by atoms with E-state index in [4.69, 9.17) is 0 Å². The molecule has 1 aromatic rings. The molecule has 1 atom stereocenters. The minimum absolute atomic E-state index is 0.0299. The summed E-state index contributed by atoms with van der Waals surface area (Å²) in [4.78, 5) is 10.1. The predicted molar refractivity (Wildman–Crippen MR) is 65.7 cm³/mol. The molecule has 0 bridgehead atoms. The molecule has 2 rings (SSSR count). The fourth-order valence-corrected chi connectivity index (χ4v) is 3.24. The molecule has 1 saturated carbocycles. The largest absolute Gasteiger partial charge is 0.269 e. The van der Waals surface area contributed by atoms with Crippen LogP contribution in [0.1, 0.15) is 18.9 Å². The van der Waals surface area contributed by atoms with Crippen LogP contribution in [0, 0.1) is 10.1 Å². The monoisotopic (exact) mass is 333 g/mol. The van der Waals surface area contributed by atoms with E-state index in [0.29, 0.717) is 0 Å². The van der Waals surface area contributed by atoms with Gasteiger partial charge in [0, 0.05) is 17.5 Å². The summed E-state index contributed by atoms with van der Waals surface area (Å²) in [5, 5.41) is 10.5. The highest BCUT2D eigenvalue weighted by atomic mass is 79.9. The van der Waals surface area contributed by atoms with Gasteiger partial charge in [-0.25, -0.2) is 0 Å². The third kappa shape index (κ3) is 1.72. The van der Waals surface area contributed by atoms with Crippen molar-refractivity contribution >= 4 is 37.5 Å². The van der Waals surface area contributed by atoms with Crippen molar-refractivity contribution in [3.63, 3.8) is 0 Å². The lowest BCUT2D eigenvalue weighted by Crippen LogP contribution is -2.08. The van der Waals surface area contributed by atoms with Crippen molar-refractivity contribution in [1.82, 2.24) is 0 Å². The Morgan fingerprint density at radius 1 is 1.33 bits per heavy atom. The summed E-state index contributed by atoms with van der Waals surface area (Å²) in [6.07, 6.45) is 0.984. The van der Waals surface area contributed by atoms with Crippen LogP contribution in [0.4, 0.5) is 5.69 Å². The molecule has 0 aliphatic heterocycles. The molecule has 0 aromatic heterocycles. The van der Waals surface area contributed by atoms with Crippen LogP contribution in [-0.4, -0.2) is 8.16 Å². The van der Waals surface area contributed by atoms with Gasteiger partial charge in [-0.2, -0.15) is 0 Å². The zero-order chi connectivity index (χ0) is 11.3. The van der Waals surface area contributed by atoms with E-state index in [-0.39, 0.29) is 19.3 Å². The highest BCUT2D eigenvalue weighted by Crippen LogP contribution is 2.66. The standard InChI is InChI=1S/C10H9Br2NO2/c1-9(6-10(9,11)12)7-2-4-8(5-3-7)13(14)15/h2-5H,6H2,1H3/t9-/m0/s1. The maximum Gasteiger partial charge on any atom is 0.269 e. The molecular weight excluding hydrogens is 326 g/mol. The maximum absolute atomic E-state index is 10.5. The second kappa shape index (κ2) is 3.28. The van der Waals surface area contributed by atoms with Crippen LogP contribution in [0.5, 0.6) is 0 Å². The van der Waals surface area contributed by atoms with Crippen LogP contribution < -0.4 is 0 Å². The molecule has 0 heterocycles. The van der Waals surface area contributed by atoms with E-state index < -0.39 is 0 Å². The Morgan fingerprint density at radius 3 is 2.13 bits per heavy atom. The lowest BCUT2D eigenvalue weighted by molar-refractivity contribution is -0.384. The van der Waals surface area contributed by atoms with Crippen molar-refractivity contribution < 1.29 is 4.92 Å². The zero-order valence-corrected chi connectivity index (χ0v) is 11.2. The highest BCUT2D eigenvalue weighted by molar-refractivity contribution is 9.25. The van der Waals surface area contributed by atoms with E-state index >= 15 is 0 Å². The molecule has 1 aliphatic carbocycles. The number of nitro groups is 1. The van der Waals surface area contributed by atoms with Crippen LogP contribution in [0.15, 0.2) is 24.3 Å². The fraction of sp³-hybridized carbons (Fsp3) is 0.400. The van der Waals surface area contributed by atoms with E-state index in [0.717, 1.165) is 12.0 Å². The number of hydrogen-bond acceptors (Lipinski definition) is 2. The van der Waals surface area contributed by atoms with Crippen molar-refractivity contribution in [1.29, 1.82) is 0 Å². The molecule has 0 N–H and O–H groups in total. The Balaban J connectivity index is 2.30. The Kier molecular flexibility index (Phi) is 2.43. The topological polar surface area (TPSA) is 43.1 Å². The average molecular weight is 335 g/mol. The quantitative estimate of drug-likeness (QED) is 0.469. The Bertz CT molecular complexity index is 416. The van der Waals surface area contributed by atoms with Crippen LogP contribution >= 0.6 is 31.9 Å². The summed E-state index contributed by atoms with van der Waals surface area (Å²) in [5.74, 6) is 0.